The molecule has 0 aliphatic heterocycles. The van der Waals surface area contributed by atoms with E-state index in [9.17, 15) is 9.59 Å². The molecule has 1 unspecified atom stereocenters. The van der Waals surface area contributed by atoms with Gasteiger partial charge in [0, 0.05) is 0 Å². The van der Waals surface area contributed by atoms with E-state index in [1.165, 1.54) is 6.92 Å². The maximum atomic E-state index is 11.0. The molecule has 0 bridgehead atoms. The lowest BCUT2D eigenvalue weighted by molar-refractivity contribution is -0.151. The van der Waals surface area contributed by atoms with Gasteiger partial charge in [0.05, 0.1) is 18.9 Å². The Morgan fingerprint density at radius 2 is 2.00 bits per heavy atom. The summed E-state index contributed by atoms with van der Waals surface area (Å²) in [4.78, 5) is 21.4. The number of carbonyl (C=O) groups is 2. The molecule has 4 nitrogen and oxygen atoms in total. The van der Waals surface area contributed by atoms with E-state index in [2.05, 4.69) is 6.92 Å². The van der Waals surface area contributed by atoms with Crippen molar-refractivity contribution in [3.63, 3.8) is 0 Å². The maximum Gasteiger partial charge on any atom is 0.306 e. The average Bonchev–Trinajstić information content (AvgIpc) is 2.12. The Bertz CT molecular complexity index is 189. The molecule has 0 aliphatic carbocycles. The van der Waals surface area contributed by atoms with Gasteiger partial charge in [-0.25, -0.2) is 0 Å². The summed E-state index contributed by atoms with van der Waals surface area (Å²) in [6.07, 6.45) is 2.91. The Kier molecular flexibility index (Phi) is 6.80. The number of carboxylic acids is 1. The van der Waals surface area contributed by atoms with Crippen LogP contribution in [0.4, 0.5) is 0 Å². The molecule has 0 aliphatic rings. The third-order valence-electron chi connectivity index (χ3n) is 1.91. The van der Waals surface area contributed by atoms with E-state index in [1.807, 2.05) is 0 Å². The van der Waals surface area contributed by atoms with Crippen molar-refractivity contribution in [2.75, 3.05) is 6.61 Å². The van der Waals surface area contributed by atoms with Gasteiger partial charge >= 0.3 is 11.9 Å². The van der Waals surface area contributed by atoms with Gasteiger partial charge in [-0.15, -0.1) is 0 Å². The first kappa shape index (κ1) is 12.9. The van der Waals surface area contributed by atoms with Crippen LogP contribution in [0.5, 0.6) is 0 Å². The van der Waals surface area contributed by atoms with E-state index in [4.69, 9.17) is 9.84 Å². The molecule has 0 aromatic heterocycles. The Morgan fingerprint density at radius 3 is 2.50 bits per heavy atom. The van der Waals surface area contributed by atoms with Gasteiger partial charge in [-0.1, -0.05) is 26.7 Å². The van der Waals surface area contributed by atoms with Crippen molar-refractivity contribution >= 4 is 11.9 Å². The Hall–Kier alpha value is -1.06. The van der Waals surface area contributed by atoms with Gasteiger partial charge in [0.25, 0.3) is 0 Å². The van der Waals surface area contributed by atoms with Gasteiger partial charge < -0.3 is 9.84 Å². The van der Waals surface area contributed by atoms with Crippen LogP contribution in [0.1, 0.15) is 39.5 Å². The highest BCUT2D eigenvalue weighted by molar-refractivity contribution is 5.78. The highest BCUT2D eigenvalue weighted by Crippen LogP contribution is 2.04. The third kappa shape index (κ3) is 6.46. The summed E-state index contributed by atoms with van der Waals surface area (Å²) in [5, 5.41) is 8.53. The summed E-state index contributed by atoms with van der Waals surface area (Å²) in [6.45, 7) is 3.96. The summed E-state index contributed by atoms with van der Waals surface area (Å²) in [6, 6.07) is 0. The summed E-state index contributed by atoms with van der Waals surface area (Å²) in [7, 11) is 0. The molecule has 4 heteroatoms. The van der Waals surface area contributed by atoms with Crippen molar-refractivity contribution in [1.82, 2.24) is 0 Å². The number of carboxylic acid groups (broad SMARTS) is 1. The van der Waals surface area contributed by atoms with Crippen LogP contribution >= 0.6 is 0 Å². The molecule has 0 saturated carbocycles. The van der Waals surface area contributed by atoms with E-state index in [0.29, 0.717) is 6.61 Å². The molecule has 1 atom stereocenters. The lowest BCUT2D eigenvalue weighted by atomic mass is 10.1. The highest BCUT2D eigenvalue weighted by Gasteiger charge is 2.16. The predicted octanol–water partition coefficient (Wildman–Crippen LogP) is 1.83. The number of ether oxygens (including phenoxy) is 1. The van der Waals surface area contributed by atoms with Crippen molar-refractivity contribution in [2.24, 2.45) is 5.92 Å². The largest absolute Gasteiger partial charge is 0.481 e. The molecule has 0 spiro atoms. The van der Waals surface area contributed by atoms with E-state index in [1.54, 1.807) is 0 Å². The first-order chi connectivity index (χ1) is 6.57. The van der Waals surface area contributed by atoms with Gasteiger partial charge in [-0.3, -0.25) is 9.59 Å². The van der Waals surface area contributed by atoms with E-state index < -0.39 is 17.9 Å². The Labute approximate surface area is 84.3 Å². The minimum absolute atomic E-state index is 0.0402. The fourth-order valence-corrected chi connectivity index (χ4v) is 0.934. The van der Waals surface area contributed by atoms with Gasteiger partial charge in [-0.2, -0.15) is 0 Å². The smallest absolute Gasteiger partial charge is 0.306 e. The molecule has 0 aromatic rings. The average molecular weight is 202 g/mol. The lowest BCUT2D eigenvalue weighted by Gasteiger charge is -2.06. The van der Waals surface area contributed by atoms with Crippen LogP contribution in [0.15, 0.2) is 0 Å². The van der Waals surface area contributed by atoms with E-state index >= 15 is 0 Å². The molecule has 0 heterocycles. The van der Waals surface area contributed by atoms with Crippen molar-refractivity contribution in [3.8, 4) is 0 Å². The minimum atomic E-state index is -0.962. The van der Waals surface area contributed by atoms with Crippen LogP contribution in [-0.2, 0) is 14.3 Å². The zero-order chi connectivity index (χ0) is 11.0. The van der Waals surface area contributed by atoms with Crippen molar-refractivity contribution in [1.29, 1.82) is 0 Å². The molecular weight excluding hydrogens is 184 g/mol. The third-order valence-corrected chi connectivity index (χ3v) is 1.91. The van der Waals surface area contributed by atoms with Crippen LogP contribution < -0.4 is 0 Å². The highest BCUT2D eigenvalue weighted by atomic mass is 16.5. The Morgan fingerprint density at radius 1 is 1.36 bits per heavy atom. The van der Waals surface area contributed by atoms with Gasteiger partial charge in [-0.05, 0) is 6.42 Å². The monoisotopic (exact) mass is 202 g/mol. The molecule has 0 rings (SSSR count). The molecule has 0 aromatic carbocycles. The normalized spacial score (nSPS) is 12.1. The number of unbranched alkanes of at least 4 members (excludes halogenated alkanes) is 2. The maximum absolute atomic E-state index is 11.0. The predicted molar refractivity (Wildman–Crippen MR) is 51.9 cm³/mol. The van der Waals surface area contributed by atoms with Crippen molar-refractivity contribution < 1.29 is 19.4 Å². The fraction of sp³-hybridized carbons (Fsp3) is 0.800. The van der Waals surface area contributed by atoms with E-state index in [-0.39, 0.29) is 6.42 Å². The molecule has 0 saturated heterocycles. The molecule has 0 radical (unpaired) electrons. The van der Waals surface area contributed by atoms with Gasteiger partial charge in [0.15, 0.2) is 0 Å². The second-order valence-corrected chi connectivity index (χ2v) is 3.37. The molecule has 14 heavy (non-hydrogen) atoms. The first-order valence-electron chi connectivity index (χ1n) is 4.96. The number of aliphatic carboxylic acids is 1. The summed E-state index contributed by atoms with van der Waals surface area (Å²) < 4.78 is 4.86. The van der Waals surface area contributed by atoms with E-state index in [0.717, 1.165) is 19.3 Å². The van der Waals surface area contributed by atoms with Crippen LogP contribution in [0.2, 0.25) is 0 Å². The quantitative estimate of drug-likeness (QED) is 0.505. The lowest BCUT2D eigenvalue weighted by Crippen LogP contribution is -2.16. The molecule has 0 amide bonds. The molecule has 1 N–H and O–H groups in total. The molecule has 0 fully saturated rings. The minimum Gasteiger partial charge on any atom is -0.481 e. The second-order valence-electron chi connectivity index (χ2n) is 3.37. The van der Waals surface area contributed by atoms with Gasteiger partial charge in [0.2, 0.25) is 0 Å². The number of hydrogen-bond donors (Lipinski definition) is 1. The number of esters is 1. The summed E-state index contributed by atoms with van der Waals surface area (Å²) >= 11 is 0. The topological polar surface area (TPSA) is 63.6 Å². The fourth-order valence-electron chi connectivity index (χ4n) is 0.934. The summed E-state index contributed by atoms with van der Waals surface area (Å²) in [5.74, 6) is -2.04. The number of hydrogen-bond acceptors (Lipinski definition) is 3. The second kappa shape index (κ2) is 7.35. The van der Waals surface area contributed by atoms with Crippen LogP contribution in [0.3, 0.4) is 0 Å². The number of carbonyl (C=O) groups excluding carboxylic acids is 1. The van der Waals surface area contributed by atoms with Crippen molar-refractivity contribution in [3.05, 3.63) is 0 Å². The SMILES string of the molecule is CCCCCOC(=O)CC(C)C(=O)O. The van der Waals surface area contributed by atoms with Crippen molar-refractivity contribution in [2.45, 2.75) is 39.5 Å². The van der Waals surface area contributed by atoms with Crippen LogP contribution in [0, 0.1) is 5.92 Å². The molecular formula is C10H18O4. The number of rotatable bonds is 7. The zero-order valence-corrected chi connectivity index (χ0v) is 8.78. The Balaban J connectivity index is 3.50. The van der Waals surface area contributed by atoms with Crippen LogP contribution in [-0.4, -0.2) is 23.7 Å². The first-order valence-corrected chi connectivity index (χ1v) is 4.96. The molecule has 82 valence electrons. The standard InChI is InChI=1S/C10H18O4/c1-3-4-5-6-14-9(11)7-8(2)10(12)13/h8H,3-7H2,1-2H3,(H,12,13). The van der Waals surface area contributed by atoms with Crippen LogP contribution in [0.25, 0.3) is 0 Å². The summed E-state index contributed by atoms with van der Waals surface area (Å²) in [5.41, 5.74) is 0. The van der Waals surface area contributed by atoms with Gasteiger partial charge in [0.1, 0.15) is 0 Å². The zero-order valence-electron chi connectivity index (χ0n) is 8.78.